The molecule has 1 amide bonds. The Hall–Kier alpha value is -4.65. The lowest BCUT2D eigenvalue weighted by atomic mass is 9.99. The maximum Gasteiger partial charge on any atom is 0.307 e. The zero-order valence-electron chi connectivity index (χ0n) is 18.1. The molecule has 7 nitrogen and oxygen atoms in total. The average Bonchev–Trinajstić information content (AvgIpc) is 3.16. The molecule has 34 heavy (non-hydrogen) atoms. The lowest BCUT2D eigenvalue weighted by Gasteiger charge is -2.14. The van der Waals surface area contributed by atoms with Gasteiger partial charge in [-0.05, 0) is 28.3 Å². The van der Waals surface area contributed by atoms with E-state index in [1.165, 1.54) is 6.20 Å². The van der Waals surface area contributed by atoms with E-state index in [4.69, 9.17) is 0 Å². The first-order valence-electron chi connectivity index (χ1n) is 10.7. The topological polar surface area (TPSA) is 104 Å². The maximum absolute atomic E-state index is 11.4. The third-order valence-electron chi connectivity index (χ3n) is 5.98. The number of carboxylic acid groups (broad SMARTS) is 1. The molecule has 0 unspecified atom stereocenters. The number of carboxylic acids is 1. The minimum atomic E-state index is -1.01. The summed E-state index contributed by atoms with van der Waals surface area (Å²) in [4.78, 5) is 27.0. The minimum Gasteiger partial charge on any atom is -0.506 e. The molecule has 0 spiro atoms. The first-order valence-corrected chi connectivity index (χ1v) is 10.7. The van der Waals surface area contributed by atoms with Crippen molar-refractivity contribution in [2.75, 3.05) is 5.32 Å². The lowest BCUT2D eigenvalue weighted by molar-refractivity contribution is -0.136. The highest BCUT2D eigenvalue weighted by Gasteiger charge is 2.21. The molecule has 0 radical (unpaired) electrons. The Morgan fingerprint density at radius 1 is 0.912 bits per heavy atom. The van der Waals surface area contributed by atoms with Gasteiger partial charge in [-0.2, -0.15) is 0 Å². The van der Waals surface area contributed by atoms with Crippen LogP contribution in [-0.2, 0) is 22.6 Å². The van der Waals surface area contributed by atoms with Gasteiger partial charge in [0.15, 0.2) is 0 Å². The second-order valence-electron chi connectivity index (χ2n) is 7.99. The summed E-state index contributed by atoms with van der Waals surface area (Å²) in [5.74, 6) is -1.06. The molecule has 0 saturated heterocycles. The van der Waals surface area contributed by atoms with E-state index in [0.717, 1.165) is 22.2 Å². The van der Waals surface area contributed by atoms with Gasteiger partial charge in [0.1, 0.15) is 5.75 Å². The normalized spacial score (nSPS) is 11.1. The molecule has 2 aromatic heterocycles. The molecule has 2 heterocycles. The number of amides is 1. The van der Waals surface area contributed by atoms with Crippen molar-refractivity contribution in [3.8, 4) is 16.9 Å². The Kier molecular flexibility index (Phi) is 5.43. The van der Waals surface area contributed by atoms with Crippen LogP contribution in [0.2, 0.25) is 0 Å². The number of aliphatic carboxylic acids is 1. The van der Waals surface area contributed by atoms with Crippen molar-refractivity contribution in [3.63, 3.8) is 0 Å². The molecule has 0 saturated carbocycles. The number of hydrogen-bond donors (Lipinski definition) is 3. The van der Waals surface area contributed by atoms with Crippen LogP contribution in [0.3, 0.4) is 0 Å². The van der Waals surface area contributed by atoms with Crippen molar-refractivity contribution in [2.24, 2.45) is 0 Å². The van der Waals surface area contributed by atoms with Crippen LogP contribution in [0, 0.1) is 0 Å². The summed E-state index contributed by atoms with van der Waals surface area (Å²) in [6.45, 7) is 0.481. The average molecular weight is 451 g/mol. The SMILES string of the molecule is O=CNc1c(CC(=O)O)ccc2c1c1c(O)cncc1n2Cc1ccccc1-c1ccccc1. The number of pyridine rings is 1. The number of hydrogen-bond acceptors (Lipinski definition) is 4. The van der Waals surface area contributed by atoms with Crippen molar-refractivity contribution in [2.45, 2.75) is 13.0 Å². The van der Waals surface area contributed by atoms with Crippen molar-refractivity contribution in [3.05, 3.63) is 90.3 Å². The van der Waals surface area contributed by atoms with Crippen LogP contribution in [0.1, 0.15) is 11.1 Å². The van der Waals surface area contributed by atoms with Crippen molar-refractivity contribution in [1.82, 2.24) is 9.55 Å². The molecular weight excluding hydrogens is 430 g/mol. The summed E-state index contributed by atoms with van der Waals surface area (Å²) in [5, 5.41) is 23.9. The molecule has 3 aromatic carbocycles. The fourth-order valence-corrected chi connectivity index (χ4v) is 4.57. The predicted molar refractivity (Wildman–Crippen MR) is 131 cm³/mol. The maximum atomic E-state index is 11.4. The first kappa shape index (κ1) is 21.2. The number of aromatic nitrogens is 2. The second-order valence-corrected chi connectivity index (χ2v) is 7.99. The minimum absolute atomic E-state index is 0.0426. The predicted octanol–water partition coefficient (Wildman–Crippen LogP) is 4.81. The summed E-state index contributed by atoms with van der Waals surface area (Å²) >= 11 is 0. The number of carbonyl (C=O) groups is 2. The molecule has 0 aliphatic rings. The van der Waals surface area contributed by atoms with Crippen molar-refractivity contribution < 1.29 is 19.8 Å². The monoisotopic (exact) mass is 451 g/mol. The van der Waals surface area contributed by atoms with E-state index in [2.05, 4.69) is 34.6 Å². The number of nitrogens with one attached hydrogen (secondary N) is 1. The van der Waals surface area contributed by atoms with Gasteiger partial charge in [-0.3, -0.25) is 14.6 Å². The highest BCUT2D eigenvalue weighted by Crippen LogP contribution is 2.41. The Labute approximate surface area is 194 Å². The van der Waals surface area contributed by atoms with Gasteiger partial charge in [0.2, 0.25) is 6.41 Å². The van der Waals surface area contributed by atoms with Gasteiger partial charge in [-0.25, -0.2) is 0 Å². The Morgan fingerprint density at radius 2 is 1.68 bits per heavy atom. The molecule has 0 atom stereocenters. The molecule has 0 aliphatic carbocycles. The van der Waals surface area contributed by atoms with Crippen LogP contribution in [0.4, 0.5) is 5.69 Å². The van der Waals surface area contributed by atoms with Gasteiger partial charge in [0.25, 0.3) is 0 Å². The quantitative estimate of drug-likeness (QED) is 0.308. The van der Waals surface area contributed by atoms with Gasteiger partial charge in [0, 0.05) is 11.9 Å². The zero-order valence-corrected chi connectivity index (χ0v) is 18.1. The van der Waals surface area contributed by atoms with Gasteiger partial charge < -0.3 is 20.1 Å². The standard InChI is InChI=1S/C27H21N3O4/c31-16-29-27-18(12-24(33)34)10-11-21-26(27)25-22(13-28-14-23(25)32)30(21)15-19-8-4-5-9-20(19)17-6-2-1-3-7-17/h1-11,13-14,16,32H,12,15H2,(H,29,31)(H,33,34). The van der Waals surface area contributed by atoms with E-state index >= 15 is 0 Å². The number of aromatic hydroxyl groups is 1. The van der Waals surface area contributed by atoms with E-state index in [1.54, 1.807) is 12.3 Å². The summed E-state index contributed by atoms with van der Waals surface area (Å²) in [6.07, 6.45) is 3.27. The molecule has 3 N–H and O–H groups in total. The van der Waals surface area contributed by atoms with Crippen molar-refractivity contribution in [1.29, 1.82) is 0 Å². The highest BCUT2D eigenvalue weighted by molar-refractivity contribution is 6.18. The number of anilines is 1. The number of fused-ring (bicyclic) bond motifs is 3. The summed E-state index contributed by atoms with van der Waals surface area (Å²) in [6, 6.07) is 21.7. The molecule has 7 heteroatoms. The molecule has 0 bridgehead atoms. The third-order valence-corrected chi connectivity index (χ3v) is 5.98. The smallest absolute Gasteiger partial charge is 0.307 e. The summed E-state index contributed by atoms with van der Waals surface area (Å²) in [5.41, 5.74) is 5.49. The van der Waals surface area contributed by atoms with Crippen LogP contribution >= 0.6 is 0 Å². The Balaban J connectivity index is 1.78. The van der Waals surface area contributed by atoms with Crippen molar-refractivity contribution >= 4 is 39.9 Å². The number of nitrogens with zero attached hydrogens (tertiary/aromatic N) is 2. The van der Waals surface area contributed by atoms with Gasteiger partial charge in [0.05, 0.1) is 40.9 Å². The largest absolute Gasteiger partial charge is 0.506 e. The fraction of sp³-hybridized carbons (Fsp3) is 0.0741. The molecule has 0 fully saturated rings. The van der Waals surface area contributed by atoms with Crippen LogP contribution in [0.25, 0.3) is 32.9 Å². The molecular formula is C27H21N3O4. The summed E-state index contributed by atoms with van der Waals surface area (Å²) < 4.78 is 2.03. The van der Waals surface area contributed by atoms with Crippen LogP contribution in [-0.4, -0.2) is 32.1 Å². The number of rotatable bonds is 7. The molecule has 5 aromatic rings. The lowest BCUT2D eigenvalue weighted by Crippen LogP contribution is -2.06. The molecule has 168 valence electrons. The number of benzene rings is 3. The third kappa shape index (κ3) is 3.63. The van der Waals surface area contributed by atoms with Crippen LogP contribution in [0.15, 0.2) is 79.1 Å². The summed E-state index contributed by atoms with van der Waals surface area (Å²) in [7, 11) is 0. The van der Waals surface area contributed by atoms with Crippen LogP contribution < -0.4 is 5.32 Å². The Morgan fingerprint density at radius 3 is 2.44 bits per heavy atom. The van der Waals surface area contributed by atoms with Gasteiger partial charge in [-0.15, -0.1) is 0 Å². The van der Waals surface area contributed by atoms with Crippen LogP contribution in [0.5, 0.6) is 5.75 Å². The van der Waals surface area contributed by atoms with Gasteiger partial charge in [-0.1, -0.05) is 60.7 Å². The second kappa shape index (κ2) is 8.71. The number of carbonyl (C=O) groups excluding carboxylic acids is 1. The van der Waals surface area contributed by atoms with E-state index in [1.807, 2.05) is 41.0 Å². The zero-order chi connectivity index (χ0) is 23.7. The fourth-order valence-electron chi connectivity index (χ4n) is 4.57. The molecule has 0 aliphatic heterocycles. The van der Waals surface area contributed by atoms with Gasteiger partial charge >= 0.3 is 5.97 Å². The molecule has 5 rings (SSSR count). The Bertz CT molecular complexity index is 1540. The first-order chi connectivity index (χ1) is 16.6. The van der Waals surface area contributed by atoms with E-state index in [9.17, 15) is 19.8 Å². The van der Waals surface area contributed by atoms with E-state index < -0.39 is 5.97 Å². The highest BCUT2D eigenvalue weighted by atomic mass is 16.4. The van der Waals surface area contributed by atoms with E-state index in [-0.39, 0.29) is 12.2 Å². The van der Waals surface area contributed by atoms with E-state index in [0.29, 0.717) is 40.5 Å².